The number of rotatable bonds is 12. The molecule has 0 radical (unpaired) electrons. The van der Waals surface area contributed by atoms with Crippen LogP contribution in [-0.4, -0.2) is 5.84 Å². The zero-order chi connectivity index (χ0) is 24.9. The Morgan fingerprint density at radius 3 is 2.59 bits per heavy atom. The van der Waals surface area contributed by atoms with Gasteiger partial charge in [0.15, 0.2) is 0 Å². The number of allylic oxidation sites excluding steroid dienone is 2. The molecule has 2 aromatic rings. The molecule has 0 saturated heterocycles. The number of nitrogens with one attached hydrogen (secondary N) is 1. The average molecular weight is 485 g/mol. The lowest BCUT2D eigenvalue weighted by atomic mass is 9.78. The first-order valence-corrected chi connectivity index (χ1v) is 14.5. The van der Waals surface area contributed by atoms with Crippen LogP contribution in [0.3, 0.4) is 0 Å². The summed E-state index contributed by atoms with van der Waals surface area (Å²) in [4.78, 5) is 7.79. The minimum absolute atomic E-state index is 0.560. The molecular formula is C30H48N2OS. The van der Waals surface area contributed by atoms with Gasteiger partial charge in [0.25, 0.3) is 0 Å². The van der Waals surface area contributed by atoms with Gasteiger partial charge in [-0.1, -0.05) is 66.4 Å². The molecule has 3 rings (SSSR count). The monoisotopic (exact) mass is 484 g/mol. The predicted molar refractivity (Wildman–Crippen MR) is 150 cm³/mol. The maximum Gasteiger partial charge on any atom is 0.143 e. The van der Waals surface area contributed by atoms with Gasteiger partial charge in [0.05, 0.1) is 17.7 Å². The van der Waals surface area contributed by atoms with Crippen molar-refractivity contribution in [3.05, 3.63) is 56.8 Å². The number of hydrogen-bond donors (Lipinski definition) is 1. The zero-order valence-corrected chi connectivity index (χ0v) is 23.6. The highest BCUT2D eigenvalue weighted by Crippen LogP contribution is 2.35. The van der Waals surface area contributed by atoms with Gasteiger partial charge in [0, 0.05) is 10.6 Å². The van der Waals surface area contributed by atoms with Gasteiger partial charge >= 0.3 is 0 Å². The second kappa shape index (κ2) is 15.2. The molecule has 2 aromatic heterocycles. The van der Waals surface area contributed by atoms with E-state index in [0.29, 0.717) is 6.54 Å². The van der Waals surface area contributed by atoms with Gasteiger partial charge in [0.1, 0.15) is 11.6 Å². The van der Waals surface area contributed by atoms with Crippen molar-refractivity contribution in [2.75, 3.05) is 0 Å². The fraction of sp³-hybridized carbons (Fsp3) is 0.633. The molecule has 0 bridgehead atoms. The van der Waals surface area contributed by atoms with Crippen molar-refractivity contribution in [1.82, 2.24) is 5.32 Å². The Labute approximate surface area is 213 Å². The van der Waals surface area contributed by atoms with Crippen LogP contribution in [0.2, 0.25) is 0 Å². The molecule has 0 aliphatic heterocycles. The highest BCUT2D eigenvalue weighted by atomic mass is 32.1. The van der Waals surface area contributed by atoms with Crippen molar-refractivity contribution < 1.29 is 4.42 Å². The minimum Gasteiger partial charge on any atom is -0.467 e. The number of furan rings is 1. The number of hydrogen-bond acceptors (Lipinski definition) is 3. The molecule has 3 nitrogen and oxygen atoms in total. The summed E-state index contributed by atoms with van der Waals surface area (Å²) in [5, 5.41) is 3.68. The van der Waals surface area contributed by atoms with Crippen LogP contribution in [0, 0.1) is 25.7 Å². The molecule has 4 heteroatoms. The Bertz CT molecular complexity index is 887. The molecule has 1 atom stereocenters. The Kier molecular flexibility index (Phi) is 12.7. The number of aryl methyl sites for hydroxylation is 1. The standard InChI is InChI=1S/C28H42N2OS.C2H6/c1-6-8-13-24(7-2)30-28(29-19-25-14-10-17-31-25)27-22(5)21(4)26(32-27)16-15-20(3)18-23-11-9-12-23;1-2/h10,13-14,17,20,23H,6-9,11-12,15-16,18-19H2,1-5H3,(H,29,30);1-2H3/b24-13+;. The van der Waals surface area contributed by atoms with Crippen molar-refractivity contribution in [3.8, 4) is 0 Å². The first kappa shape index (κ1) is 28.4. The number of thiophene rings is 1. The number of amidine groups is 1. The molecule has 34 heavy (non-hydrogen) atoms. The Hall–Kier alpha value is -1.81. The Balaban J connectivity index is 0.00000199. The third-order valence-corrected chi connectivity index (χ3v) is 8.36. The van der Waals surface area contributed by atoms with E-state index < -0.39 is 0 Å². The lowest BCUT2D eigenvalue weighted by molar-refractivity contribution is 0.251. The van der Waals surface area contributed by atoms with Crippen molar-refractivity contribution in [2.45, 2.75) is 113 Å². The van der Waals surface area contributed by atoms with E-state index in [-0.39, 0.29) is 0 Å². The fourth-order valence-corrected chi connectivity index (χ4v) is 5.69. The summed E-state index contributed by atoms with van der Waals surface area (Å²) in [6.45, 7) is 16.0. The summed E-state index contributed by atoms with van der Waals surface area (Å²) >= 11 is 1.94. The van der Waals surface area contributed by atoms with Gasteiger partial charge < -0.3 is 9.73 Å². The van der Waals surface area contributed by atoms with Gasteiger partial charge in [-0.3, -0.25) is 4.99 Å². The van der Waals surface area contributed by atoms with Crippen LogP contribution in [0.4, 0.5) is 0 Å². The molecule has 1 fully saturated rings. The molecule has 2 heterocycles. The summed E-state index contributed by atoms with van der Waals surface area (Å²) in [6, 6.07) is 3.93. The van der Waals surface area contributed by atoms with Crippen molar-refractivity contribution in [1.29, 1.82) is 0 Å². The lowest BCUT2D eigenvalue weighted by Gasteiger charge is -2.28. The van der Waals surface area contributed by atoms with Crippen LogP contribution in [0.1, 0.15) is 113 Å². The number of aliphatic imine (C=N–C) groups is 1. The maximum absolute atomic E-state index is 5.54. The van der Waals surface area contributed by atoms with Crippen LogP contribution in [0.25, 0.3) is 0 Å². The predicted octanol–water partition coefficient (Wildman–Crippen LogP) is 9.37. The van der Waals surface area contributed by atoms with Gasteiger partial charge in [-0.05, 0) is 81.0 Å². The van der Waals surface area contributed by atoms with Crippen LogP contribution >= 0.6 is 11.3 Å². The minimum atomic E-state index is 0.560. The smallest absolute Gasteiger partial charge is 0.143 e. The Morgan fingerprint density at radius 1 is 1.24 bits per heavy atom. The van der Waals surface area contributed by atoms with Gasteiger partial charge in [-0.15, -0.1) is 11.3 Å². The third-order valence-electron chi connectivity index (χ3n) is 6.90. The van der Waals surface area contributed by atoms with Crippen LogP contribution in [0.15, 0.2) is 39.6 Å². The second-order valence-corrected chi connectivity index (χ2v) is 10.6. The summed E-state index contributed by atoms with van der Waals surface area (Å²) in [7, 11) is 0. The van der Waals surface area contributed by atoms with Gasteiger partial charge in [-0.25, -0.2) is 0 Å². The summed E-state index contributed by atoms with van der Waals surface area (Å²) in [5.41, 5.74) is 4.07. The number of nitrogens with zero attached hydrogens (tertiary/aromatic N) is 1. The van der Waals surface area contributed by atoms with E-state index in [2.05, 4.69) is 46.0 Å². The molecule has 190 valence electrons. The van der Waals surface area contributed by atoms with Crippen LogP contribution in [0.5, 0.6) is 0 Å². The molecule has 1 N–H and O–H groups in total. The molecular weight excluding hydrogens is 436 g/mol. The van der Waals surface area contributed by atoms with Crippen molar-refractivity contribution in [3.63, 3.8) is 0 Å². The van der Waals surface area contributed by atoms with E-state index in [4.69, 9.17) is 9.41 Å². The van der Waals surface area contributed by atoms with E-state index >= 15 is 0 Å². The summed E-state index contributed by atoms with van der Waals surface area (Å²) < 4.78 is 5.54. The van der Waals surface area contributed by atoms with Crippen molar-refractivity contribution >= 4 is 17.2 Å². The number of unbranched alkanes of at least 4 members (excludes halogenated alkanes) is 1. The summed E-state index contributed by atoms with van der Waals surface area (Å²) in [6.07, 6.45) is 15.5. The van der Waals surface area contributed by atoms with E-state index in [1.54, 1.807) is 6.26 Å². The largest absolute Gasteiger partial charge is 0.467 e. The molecule has 1 saturated carbocycles. The maximum atomic E-state index is 5.54. The molecule has 1 aliphatic rings. The van der Waals surface area contributed by atoms with Gasteiger partial charge in [0.2, 0.25) is 0 Å². The van der Waals surface area contributed by atoms with Crippen molar-refractivity contribution in [2.24, 2.45) is 16.8 Å². The third kappa shape index (κ3) is 8.45. The Morgan fingerprint density at radius 2 is 2.00 bits per heavy atom. The van der Waals surface area contributed by atoms with Gasteiger partial charge in [-0.2, -0.15) is 0 Å². The first-order valence-electron chi connectivity index (χ1n) is 13.6. The second-order valence-electron chi connectivity index (χ2n) is 9.52. The highest BCUT2D eigenvalue weighted by molar-refractivity contribution is 7.14. The molecule has 0 aromatic carbocycles. The van der Waals surface area contributed by atoms with E-state index in [1.165, 1.54) is 65.1 Å². The van der Waals surface area contributed by atoms with E-state index in [1.807, 2.05) is 37.3 Å². The first-order chi connectivity index (χ1) is 16.5. The fourth-order valence-electron chi connectivity index (χ4n) is 4.40. The van der Waals surface area contributed by atoms with E-state index in [0.717, 1.165) is 42.7 Å². The lowest BCUT2D eigenvalue weighted by Crippen LogP contribution is -2.24. The SMILES string of the molecule is CC.CCC/C=C(\CC)NC(=NCc1ccco1)c1sc(CCC(C)CC2CCC2)c(C)c1C. The highest BCUT2D eigenvalue weighted by Gasteiger charge is 2.21. The average Bonchev–Trinajstić information content (AvgIpc) is 3.45. The normalized spacial score (nSPS) is 15.5. The molecule has 0 amide bonds. The topological polar surface area (TPSA) is 37.5 Å². The van der Waals surface area contributed by atoms with Crippen LogP contribution < -0.4 is 5.32 Å². The quantitative estimate of drug-likeness (QED) is 0.241. The van der Waals surface area contributed by atoms with Crippen LogP contribution in [-0.2, 0) is 13.0 Å². The summed E-state index contributed by atoms with van der Waals surface area (Å²) in [5.74, 6) is 3.71. The molecule has 1 unspecified atom stereocenters. The van der Waals surface area contributed by atoms with E-state index in [9.17, 15) is 0 Å². The zero-order valence-electron chi connectivity index (χ0n) is 22.8. The molecule has 0 spiro atoms. The molecule has 1 aliphatic carbocycles.